The van der Waals surface area contributed by atoms with Crippen molar-refractivity contribution in [2.75, 3.05) is 19.7 Å². The Hall–Kier alpha value is -3.69. The molecule has 38 heavy (non-hydrogen) atoms. The van der Waals surface area contributed by atoms with Crippen molar-refractivity contribution in [1.29, 1.82) is 0 Å². The molecule has 0 radical (unpaired) electrons. The van der Waals surface area contributed by atoms with Gasteiger partial charge in [-0.1, -0.05) is 17.3 Å². The monoisotopic (exact) mass is 520 g/mol. The number of nitrogens with zero attached hydrogens (tertiary/aromatic N) is 6. The van der Waals surface area contributed by atoms with Crippen LogP contribution in [0.3, 0.4) is 0 Å². The third-order valence-electron chi connectivity index (χ3n) is 7.10. The summed E-state index contributed by atoms with van der Waals surface area (Å²) in [6.07, 6.45) is 6.03. The highest BCUT2D eigenvalue weighted by Gasteiger charge is 2.46. The van der Waals surface area contributed by atoms with Crippen LogP contribution in [-0.2, 0) is 16.5 Å². The maximum absolute atomic E-state index is 12.8. The van der Waals surface area contributed by atoms with Gasteiger partial charge in [-0.15, -0.1) is 5.10 Å². The highest BCUT2D eigenvalue weighted by molar-refractivity contribution is 5.91. The van der Waals surface area contributed by atoms with Crippen molar-refractivity contribution < 1.29 is 19.1 Å². The molecule has 1 aliphatic heterocycles. The Morgan fingerprint density at radius 1 is 1.18 bits per heavy atom. The van der Waals surface area contributed by atoms with E-state index in [4.69, 9.17) is 9.47 Å². The zero-order valence-electron chi connectivity index (χ0n) is 22.8. The van der Waals surface area contributed by atoms with Crippen LogP contribution < -0.4 is 0 Å². The number of aryl methyl sites for hydroxylation is 1. The van der Waals surface area contributed by atoms with Crippen molar-refractivity contribution in [3.8, 4) is 5.69 Å². The fourth-order valence-electron chi connectivity index (χ4n) is 5.30. The lowest BCUT2D eigenvalue weighted by Crippen LogP contribution is -2.42. The first kappa shape index (κ1) is 25.9. The Labute approximate surface area is 222 Å². The first-order valence-electron chi connectivity index (χ1n) is 13.3. The molecule has 3 atom stereocenters. The molecule has 3 heterocycles. The molecule has 0 bridgehead atoms. The molecule has 1 aromatic carbocycles. The third kappa shape index (κ3) is 5.44. The van der Waals surface area contributed by atoms with E-state index in [1.807, 2.05) is 50.8 Å². The molecular formula is C28H36N6O4. The summed E-state index contributed by atoms with van der Waals surface area (Å²) in [5.74, 6) is 0.0915. The highest BCUT2D eigenvalue weighted by atomic mass is 16.6. The summed E-state index contributed by atoms with van der Waals surface area (Å²) in [4.78, 5) is 27.4. The van der Waals surface area contributed by atoms with Crippen LogP contribution in [0.1, 0.15) is 92.0 Å². The van der Waals surface area contributed by atoms with Crippen molar-refractivity contribution in [2.45, 2.75) is 70.3 Å². The molecule has 0 spiro atoms. The van der Waals surface area contributed by atoms with Crippen molar-refractivity contribution in [3.63, 3.8) is 0 Å². The zero-order chi connectivity index (χ0) is 27.0. The quantitative estimate of drug-likeness (QED) is 0.439. The van der Waals surface area contributed by atoms with Gasteiger partial charge >= 0.3 is 12.1 Å². The SMILES string of the molecule is CCOC(=O)c1cnn(-c2cccc(C3CCCN(C(=O)OC(C)(C)C)C3)c2)c1[C@@H]1C[C@H]1c1cn(C)nn1. The van der Waals surface area contributed by atoms with E-state index in [2.05, 4.69) is 27.5 Å². The first-order chi connectivity index (χ1) is 18.1. The molecule has 2 fully saturated rings. The van der Waals surface area contributed by atoms with Gasteiger partial charge in [0.15, 0.2) is 0 Å². The van der Waals surface area contributed by atoms with Gasteiger partial charge in [-0.2, -0.15) is 5.10 Å². The number of aromatic nitrogens is 5. The molecule has 1 amide bonds. The minimum atomic E-state index is -0.525. The minimum absolute atomic E-state index is 0.0922. The van der Waals surface area contributed by atoms with E-state index >= 15 is 0 Å². The van der Waals surface area contributed by atoms with Crippen LogP contribution in [0.2, 0.25) is 0 Å². The number of benzene rings is 1. The van der Waals surface area contributed by atoms with Crippen LogP contribution >= 0.6 is 0 Å². The number of carbonyl (C=O) groups is 2. The summed E-state index contributed by atoms with van der Waals surface area (Å²) in [6, 6.07) is 8.23. The van der Waals surface area contributed by atoms with E-state index in [0.29, 0.717) is 25.3 Å². The Kier molecular flexibility index (Phi) is 6.98. The van der Waals surface area contributed by atoms with Crippen LogP contribution in [0.5, 0.6) is 0 Å². The van der Waals surface area contributed by atoms with Crippen molar-refractivity contribution in [3.05, 3.63) is 59.2 Å². The molecule has 2 aromatic heterocycles. The normalized spacial score (nSPS) is 21.3. The summed E-state index contributed by atoms with van der Waals surface area (Å²) in [7, 11) is 1.85. The van der Waals surface area contributed by atoms with Gasteiger partial charge in [0, 0.05) is 44.1 Å². The largest absolute Gasteiger partial charge is 0.462 e. The van der Waals surface area contributed by atoms with Crippen LogP contribution in [0, 0.1) is 0 Å². The number of ether oxygens (including phenoxy) is 2. The second-order valence-electron chi connectivity index (χ2n) is 11.2. The third-order valence-corrected chi connectivity index (χ3v) is 7.10. The molecule has 10 heteroatoms. The number of esters is 1. The van der Waals surface area contributed by atoms with E-state index in [9.17, 15) is 9.59 Å². The summed E-state index contributed by atoms with van der Waals surface area (Å²) >= 11 is 0. The van der Waals surface area contributed by atoms with Crippen LogP contribution in [0.25, 0.3) is 5.69 Å². The molecule has 2 aliphatic rings. The molecule has 202 valence electrons. The Balaban J connectivity index is 1.43. The average molecular weight is 521 g/mol. The summed E-state index contributed by atoms with van der Waals surface area (Å²) in [5, 5.41) is 13.0. The van der Waals surface area contributed by atoms with Gasteiger partial charge in [0.2, 0.25) is 0 Å². The first-order valence-corrected chi connectivity index (χ1v) is 13.3. The fourth-order valence-corrected chi connectivity index (χ4v) is 5.30. The number of rotatable bonds is 6. The summed E-state index contributed by atoms with van der Waals surface area (Å²) in [6.45, 7) is 9.06. The number of piperidine rings is 1. The molecule has 1 unspecified atom stereocenters. The molecule has 1 saturated heterocycles. The van der Waals surface area contributed by atoms with E-state index in [-0.39, 0.29) is 29.8 Å². The van der Waals surface area contributed by atoms with E-state index in [0.717, 1.165) is 41.9 Å². The Morgan fingerprint density at radius 2 is 2.00 bits per heavy atom. The second kappa shape index (κ2) is 10.2. The Bertz CT molecular complexity index is 1320. The number of amides is 1. The lowest BCUT2D eigenvalue weighted by molar-refractivity contribution is 0.0198. The van der Waals surface area contributed by atoms with Gasteiger partial charge in [-0.3, -0.25) is 4.68 Å². The number of carbonyl (C=O) groups excluding carboxylic acids is 2. The Morgan fingerprint density at radius 3 is 2.71 bits per heavy atom. The topological polar surface area (TPSA) is 104 Å². The molecular weight excluding hydrogens is 484 g/mol. The van der Waals surface area contributed by atoms with Gasteiger partial charge in [0.25, 0.3) is 0 Å². The zero-order valence-corrected chi connectivity index (χ0v) is 22.8. The number of hydrogen-bond donors (Lipinski definition) is 0. The highest BCUT2D eigenvalue weighted by Crippen LogP contribution is 2.55. The molecule has 10 nitrogen and oxygen atoms in total. The molecule has 1 saturated carbocycles. The predicted molar refractivity (Wildman–Crippen MR) is 140 cm³/mol. The van der Waals surface area contributed by atoms with Crippen LogP contribution in [0.15, 0.2) is 36.7 Å². The molecule has 5 rings (SSSR count). The van der Waals surface area contributed by atoms with Crippen molar-refractivity contribution in [2.24, 2.45) is 7.05 Å². The van der Waals surface area contributed by atoms with Gasteiger partial charge in [0.05, 0.1) is 29.9 Å². The van der Waals surface area contributed by atoms with E-state index in [1.54, 1.807) is 22.7 Å². The van der Waals surface area contributed by atoms with E-state index < -0.39 is 5.60 Å². The van der Waals surface area contributed by atoms with Crippen molar-refractivity contribution in [1.82, 2.24) is 29.7 Å². The average Bonchev–Trinajstić information content (AvgIpc) is 3.33. The molecule has 1 aliphatic carbocycles. The predicted octanol–water partition coefficient (Wildman–Crippen LogP) is 4.56. The summed E-state index contributed by atoms with van der Waals surface area (Å²) < 4.78 is 14.5. The van der Waals surface area contributed by atoms with Gasteiger partial charge in [0.1, 0.15) is 11.2 Å². The second-order valence-corrected chi connectivity index (χ2v) is 11.2. The lowest BCUT2D eigenvalue weighted by Gasteiger charge is -2.34. The van der Waals surface area contributed by atoms with Gasteiger partial charge in [-0.25, -0.2) is 14.3 Å². The molecule has 3 aromatic rings. The standard InChI is InChI=1S/C28H36N6O4/c1-6-37-26(35)23-15-29-34(25(23)22-14-21(22)24-17-32(5)31-30-24)20-11-7-9-18(13-20)19-10-8-12-33(16-19)27(36)38-28(2,3)4/h7,9,11,13,15,17,19,21-22H,6,8,10,12,14,16H2,1-5H3/t19?,21-,22-/m1/s1. The van der Waals surface area contributed by atoms with Gasteiger partial charge in [-0.05, 0) is 64.7 Å². The maximum Gasteiger partial charge on any atom is 0.410 e. The lowest BCUT2D eigenvalue weighted by atomic mass is 9.90. The molecule has 0 N–H and O–H groups in total. The maximum atomic E-state index is 12.8. The van der Waals surface area contributed by atoms with E-state index in [1.165, 1.54) is 0 Å². The van der Waals surface area contributed by atoms with Crippen molar-refractivity contribution >= 4 is 12.1 Å². The summed E-state index contributed by atoms with van der Waals surface area (Å²) in [5.41, 5.74) is 3.74. The van der Waals surface area contributed by atoms with Crippen LogP contribution in [0.4, 0.5) is 4.79 Å². The number of hydrogen-bond acceptors (Lipinski definition) is 7. The minimum Gasteiger partial charge on any atom is -0.462 e. The smallest absolute Gasteiger partial charge is 0.410 e. The fraction of sp³-hybridized carbons (Fsp3) is 0.536. The van der Waals surface area contributed by atoms with Crippen LogP contribution in [-0.4, -0.2) is 67.0 Å². The number of likely N-dealkylation sites (tertiary alicyclic amines) is 1. The van der Waals surface area contributed by atoms with Gasteiger partial charge < -0.3 is 14.4 Å².